The van der Waals surface area contributed by atoms with Crippen molar-refractivity contribution in [1.29, 1.82) is 0 Å². The molecule has 0 N–H and O–H groups in total. The Bertz CT molecular complexity index is 1350. The summed E-state index contributed by atoms with van der Waals surface area (Å²) in [6.45, 7) is 2.47. The minimum Gasteiger partial charge on any atom is -0.494 e. The van der Waals surface area contributed by atoms with Gasteiger partial charge in [-0.2, -0.15) is 0 Å². The molecule has 4 aromatic rings. The van der Waals surface area contributed by atoms with Crippen LogP contribution < -0.4 is 15.1 Å². The van der Waals surface area contributed by atoms with E-state index in [1.54, 1.807) is 23.1 Å². The molecule has 1 aliphatic heterocycles. The first-order valence-electron chi connectivity index (χ1n) is 9.96. The highest BCUT2D eigenvalue weighted by Gasteiger charge is 2.43. The third kappa shape index (κ3) is 3.18. The van der Waals surface area contributed by atoms with E-state index in [0.717, 1.165) is 11.3 Å². The molecule has 0 fully saturated rings. The molecular formula is C25H18ClNO4. The second-order valence-electron chi connectivity index (χ2n) is 7.23. The highest BCUT2D eigenvalue weighted by atomic mass is 35.5. The van der Waals surface area contributed by atoms with Crippen molar-refractivity contribution in [2.24, 2.45) is 0 Å². The van der Waals surface area contributed by atoms with Crippen LogP contribution in [-0.4, -0.2) is 12.5 Å². The van der Waals surface area contributed by atoms with E-state index in [0.29, 0.717) is 33.8 Å². The average Bonchev–Trinajstić information content (AvgIpc) is 3.08. The third-order valence-corrected chi connectivity index (χ3v) is 5.61. The fourth-order valence-electron chi connectivity index (χ4n) is 4.03. The number of anilines is 1. The van der Waals surface area contributed by atoms with Crippen LogP contribution in [0.4, 0.5) is 5.69 Å². The van der Waals surface area contributed by atoms with E-state index in [9.17, 15) is 9.59 Å². The van der Waals surface area contributed by atoms with Gasteiger partial charge in [0, 0.05) is 10.7 Å². The second kappa shape index (κ2) is 7.60. The molecule has 31 heavy (non-hydrogen) atoms. The summed E-state index contributed by atoms with van der Waals surface area (Å²) in [4.78, 5) is 28.6. The SMILES string of the molecule is CCOc1ccc(C2c3c(oc4ccc(Cl)cc4c3=O)C(=O)N2c2ccccc2)cc1. The van der Waals surface area contributed by atoms with Crippen LogP contribution in [0, 0.1) is 0 Å². The largest absolute Gasteiger partial charge is 0.494 e. The van der Waals surface area contributed by atoms with Gasteiger partial charge in [-0.3, -0.25) is 14.5 Å². The minimum absolute atomic E-state index is 0.0579. The van der Waals surface area contributed by atoms with Gasteiger partial charge in [0.1, 0.15) is 11.3 Å². The van der Waals surface area contributed by atoms with Crippen molar-refractivity contribution in [2.75, 3.05) is 11.5 Å². The van der Waals surface area contributed by atoms with Crippen molar-refractivity contribution in [2.45, 2.75) is 13.0 Å². The summed E-state index contributed by atoms with van der Waals surface area (Å²) < 4.78 is 11.5. The smallest absolute Gasteiger partial charge is 0.295 e. The fourth-order valence-corrected chi connectivity index (χ4v) is 4.20. The Hall–Kier alpha value is -3.57. The van der Waals surface area contributed by atoms with Gasteiger partial charge in [-0.05, 0) is 55.0 Å². The number of carbonyl (C=O) groups excluding carboxylic acids is 1. The van der Waals surface area contributed by atoms with Crippen LogP contribution in [0.2, 0.25) is 5.02 Å². The summed E-state index contributed by atoms with van der Waals surface area (Å²) >= 11 is 6.12. The van der Waals surface area contributed by atoms with E-state index in [-0.39, 0.29) is 17.1 Å². The van der Waals surface area contributed by atoms with Crippen LogP contribution in [0.1, 0.15) is 34.6 Å². The maximum Gasteiger partial charge on any atom is 0.295 e. The van der Waals surface area contributed by atoms with Crippen molar-refractivity contribution in [3.8, 4) is 5.75 Å². The summed E-state index contributed by atoms with van der Waals surface area (Å²) in [5.74, 6) is 0.427. The Balaban J connectivity index is 1.76. The quantitative estimate of drug-likeness (QED) is 0.422. The second-order valence-corrected chi connectivity index (χ2v) is 7.67. The van der Waals surface area contributed by atoms with Crippen LogP contribution in [0.3, 0.4) is 0 Å². The van der Waals surface area contributed by atoms with Crippen LogP contribution in [-0.2, 0) is 0 Å². The molecule has 5 rings (SSSR count). The van der Waals surface area contributed by atoms with Gasteiger partial charge in [-0.15, -0.1) is 0 Å². The topological polar surface area (TPSA) is 59.8 Å². The van der Waals surface area contributed by atoms with Crippen molar-refractivity contribution < 1.29 is 13.9 Å². The first-order chi connectivity index (χ1) is 15.1. The number of amides is 1. The molecule has 1 amide bonds. The molecule has 0 radical (unpaired) electrons. The summed E-state index contributed by atoms with van der Waals surface area (Å²) in [6, 6.07) is 20.9. The highest BCUT2D eigenvalue weighted by molar-refractivity contribution is 6.31. The Labute approximate surface area is 183 Å². The molecule has 0 spiro atoms. The molecule has 0 bridgehead atoms. The van der Waals surface area contributed by atoms with E-state index in [1.165, 1.54) is 0 Å². The number of carbonyl (C=O) groups is 1. The molecule has 3 aromatic carbocycles. The highest BCUT2D eigenvalue weighted by Crippen LogP contribution is 2.41. The number of para-hydroxylation sites is 1. The Morgan fingerprint density at radius 3 is 2.45 bits per heavy atom. The molecule has 1 unspecified atom stereocenters. The van der Waals surface area contributed by atoms with Crippen molar-refractivity contribution in [3.63, 3.8) is 0 Å². The fraction of sp³-hybridized carbons (Fsp3) is 0.120. The molecule has 0 aliphatic carbocycles. The first kappa shape index (κ1) is 19.4. The number of halogens is 1. The van der Waals surface area contributed by atoms with Gasteiger partial charge in [-0.25, -0.2) is 0 Å². The van der Waals surface area contributed by atoms with Gasteiger partial charge in [-0.1, -0.05) is 41.9 Å². The predicted octanol–water partition coefficient (Wildman–Crippen LogP) is 5.59. The number of nitrogens with zero attached hydrogens (tertiary/aromatic N) is 1. The molecular weight excluding hydrogens is 414 g/mol. The van der Waals surface area contributed by atoms with Crippen molar-refractivity contribution in [1.82, 2.24) is 0 Å². The Morgan fingerprint density at radius 1 is 1.00 bits per heavy atom. The van der Waals surface area contributed by atoms with Gasteiger partial charge >= 0.3 is 0 Å². The number of hydrogen-bond acceptors (Lipinski definition) is 4. The van der Waals surface area contributed by atoms with Crippen molar-refractivity contribution in [3.05, 3.63) is 105 Å². The van der Waals surface area contributed by atoms with Gasteiger partial charge in [0.2, 0.25) is 5.76 Å². The molecule has 1 aliphatic rings. The molecule has 0 saturated carbocycles. The molecule has 5 nitrogen and oxygen atoms in total. The zero-order chi connectivity index (χ0) is 21.5. The molecule has 6 heteroatoms. The number of rotatable bonds is 4. The van der Waals surface area contributed by atoms with E-state index in [1.807, 2.05) is 61.5 Å². The lowest BCUT2D eigenvalue weighted by atomic mass is 9.98. The molecule has 1 atom stereocenters. The number of ether oxygens (including phenoxy) is 1. The van der Waals surface area contributed by atoms with E-state index in [4.69, 9.17) is 20.8 Å². The van der Waals surface area contributed by atoms with E-state index in [2.05, 4.69) is 0 Å². The normalized spacial score (nSPS) is 15.4. The summed E-state index contributed by atoms with van der Waals surface area (Å²) in [6.07, 6.45) is 0. The average molecular weight is 432 g/mol. The Morgan fingerprint density at radius 2 is 1.74 bits per heavy atom. The first-order valence-corrected chi connectivity index (χ1v) is 10.3. The number of hydrogen-bond donors (Lipinski definition) is 0. The summed E-state index contributed by atoms with van der Waals surface area (Å²) in [5.41, 5.74) is 1.85. The van der Waals surface area contributed by atoms with Gasteiger partial charge in [0.05, 0.1) is 23.6 Å². The van der Waals surface area contributed by atoms with Gasteiger partial charge in [0.25, 0.3) is 5.91 Å². The lowest BCUT2D eigenvalue weighted by Gasteiger charge is -2.25. The van der Waals surface area contributed by atoms with E-state index >= 15 is 0 Å². The molecule has 1 aromatic heterocycles. The monoisotopic (exact) mass is 431 g/mol. The van der Waals surface area contributed by atoms with Crippen LogP contribution in [0.25, 0.3) is 11.0 Å². The number of benzene rings is 3. The molecule has 0 saturated heterocycles. The maximum atomic E-state index is 13.5. The third-order valence-electron chi connectivity index (χ3n) is 5.37. The Kier molecular flexibility index (Phi) is 4.75. The maximum absolute atomic E-state index is 13.5. The molecule has 154 valence electrons. The van der Waals surface area contributed by atoms with Crippen molar-refractivity contribution >= 4 is 34.2 Å². The zero-order valence-electron chi connectivity index (χ0n) is 16.7. The predicted molar refractivity (Wildman–Crippen MR) is 120 cm³/mol. The molecule has 2 heterocycles. The lowest BCUT2D eigenvalue weighted by Crippen LogP contribution is -2.29. The zero-order valence-corrected chi connectivity index (χ0v) is 17.4. The van der Waals surface area contributed by atoms with Gasteiger partial charge < -0.3 is 9.15 Å². The van der Waals surface area contributed by atoms with E-state index < -0.39 is 6.04 Å². The summed E-state index contributed by atoms with van der Waals surface area (Å²) in [5, 5.41) is 0.784. The number of fused-ring (bicyclic) bond motifs is 2. The van der Waals surface area contributed by atoms with Crippen LogP contribution in [0.15, 0.2) is 82.0 Å². The van der Waals surface area contributed by atoms with Gasteiger partial charge in [0.15, 0.2) is 5.43 Å². The minimum atomic E-state index is -0.625. The summed E-state index contributed by atoms with van der Waals surface area (Å²) in [7, 11) is 0. The van der Waals surface area contributed by atoms with Crippen LogP contribution in [0.5, 0.6) is 5.75 Å². The standard InChI is InChI=1S/C25H18ClNO4/c1-2-30-18-11-8-15(9-12-18)22-21-23(28)19-14-16(26)10-13-20(19)31-24(21)25(29)27(22)17-6-4-3-5-7-17/h3-14,22H,2H2,1H3. The lowest BCUT2D eigenvalue weighted by molar-refractivity contribution is 0.0971. The van der Waals surface area contributed by atoms with Crippen LogP contribution >= 0.6 is 11.6 Å².